The Morgan fingerprint density at radius 2 is 1.95 bits per heavy atom. The van der Waals surface area contributed by atoms with Crippen LogP contribution in [0.1, 0.15) is 71.6 Å². The molecule has 1 amide bonds. The summed E-state index contributed by atoms with van der Waals surface area (Å²) >= 11 is 0. The lowest BCUT2D eigenvalue weighted by Gasteiger charge is -2.42. The molecule has 3 heteroatoms. The molecule has 19 heavy (non-hydrogen) atoms. The zero-order valence-electron chi connectivity index (χ0n) is 12.4. The Bertz CT molecular complexity index is 343. The minimum absolute atomic E-state index is 0.253. The number of likely N-dealkylation sites (tertiary alicyclic amines) is 1. The Morgan fingerprint density at radius 3 is 2.58 bits per heavy atom. The summed E-state index contributed by atoms with van der Waals surface area (Å²) in [5.74, 6) is 1.30. The number of hydrogen-bond donors (Lipinski definition) is 0. The van der Waals surface area contributed by atoms with Gasteiger partial charge in [-0.3, -0.25) is 9.59 Å². The molecule has 0 radical (unpaired) electrons. The molecule has 2 aliphatic rings. The molecule has 0 N–H and O–H groups in total. The van der Waals surface area contributed by atoms with E-state index in [1.54, 1.807) is 0 Å². The fourth-order valence-electron chi connectivity index (χ4n) is 3.61. The Morgan fingerprint density at radius 1 is 1.26 bits per heavy atom. The van der Waals surface area contributed by atoms with Crippen molar-refractivity contribution in [1.29, 1.82) is 0 Å². The molecule has 0 aromatic heterocycles. The minimum atomic E-state index is -0.279. The smallest absolute Gasteiger partial charge is 0.223 e. The molecule has 3 nitrogen and oxygen atoms in total. The number of ketones is 1. The fraction of sp³-hybridized carbons (Fsp3) is 0.875. The van der Waals surface area contributed by atoms with Gasteiger partial charge in [0.15, 0.2) is 0 Å². The molecule has 108 valence electrons. The van der Waals surface area contributed by atoms with Crippen molar-refractivity contribution in [2.45, 2.75) is 77.2 Å². The number of hydrogen-bond acceptors (Lipinski definition) is 2. The van der Waals surface area contributed by atoms with E-state index in [9.17, 15) is 9.59 Å². The van der Waals surface area contributed by atoms with Crippen molar-refractivity contribution in [2.75, 3.05) is 6.54 Å². The van der Waals surface area contributed by atoms with Crippen molar-refractivity contribution in [3.05, 3.63) is 0 Å². The van der Waals surface area contributed by atoms with Gasteiger partial charge < -0.3 is 4.90 Å². The van der Waals surface area contributed by atoms with Crippen LogP contribution in [-0.2, 0) is 9.59 Å². The van der Waals surface area contributed by atoms with Crippen LogP contribution in [0.3, 0.4) is 0 Å². The van der Waals surface area contributed by atoms with E-state index in [1.165, 1.54) is 32.1 Å². The number of amides is 1. The monoisotopic (exact) mass is 265 g/mol. The lowest BCUT2D eigenvalue weighted by atomic mass is 9.85. The van der Waals surface area contributed by atoms with Crippen LogP contribution < -0.4 is 0 Å². The first-order chi connectivity index (χ1) is 8.99. The van der Waals surface area contributed by atoms with Crippen molar-refractivity contribution >= 4 is 11.7 Å². The zero-order valence-corrected chi connectivity index (χ0v) is 12.4. The normalized spacial score (nSPS) is 24.5. The van der Waals surface area contributed by atoms with E-state index in [-0.39, 0.29) is 11.4 Å². The average Bonchev–Trinajstić information content (AvgIpc) is 2.36. The maximum absolute atomic E-state index is 12.4. The van der Waals surface area contributed by atoms with Crippen molar-refractivity contribution in [3.63, 3.8) is 0 Å². The summed E-state index contributed by atoms with van der Waals surface area (Å²) in [6.07, 6.45) is 9.41. The fourth-order valence-corrected chi connectivity index (χ4v) is 3.61. The summed E-state index contributed by atoms with van der Waals surface area (Å²) in [6.45, 7) is 4.65. The van der Waals surface area contributed by atoms with E-state index < -0.39 is 0 Å². The molecule has 0 spiro atoms. The predicted molar refractivity (Wildman–Crippen MR) is 75.8 cm³/mol. The van der Waals surface area contributed by atoms with Crippen LogP contribution in [0, 0.1) is 5.92 Å². The maximum atomic E-state index is 12.4. The summed E-state index contributed by atoms with van der Waals surface area (Å²) < 4.78 is 0. The third-order valence-electron chi connectivity index (χ3n) is 4.77. The number of nitrogens with zero attached hydrogens (tertiary/aromatic N) is 1. The van der Waals surface area contributed by atoms with Gasteiger partial charge in [0.25, 0.3) is 0 Å². The van der Waals surface area contributed by atoms with Crippen LogP contribution in [0.15, 0.2) is 0 Å². The van der Waals surface area contributed by atoms with E-state index in [4.69, 9.17) is 0 Å². The first-order valence-electron chi connectivity index (χ1n) is 7.81. The second kappa shape index (κ2) is 6.06. The van der Waals surface area contributed by atoms with Gasteiger partial charge in [-0.1, -0.05) is 32.1 Å². The molecule has 1 aliphatic carbocycles. The molecule has 1 saturated heterocycles. The number of carbonyl (C=O) groups is 2. The first kappa shape index (κ1) is 14.5. The van der Waals surface area contributed by atoms with Gasteiger partial charge in [0.1, 0.15) is 5.78 Å². The number of Topliss-reactive ketones (excluding diaryl/α,β-unsaturated/α-hetero) is 1. The lowest BCUT2D eigenvalue weighted by molar-refractivity contribution is -0.142. The average molecular weight is 265 g/mol. The minimum Gasteiger partial charge on any atom is -0.337 e. The molecule has 0 aromatic carbocycles. The third kappa shape index (κ3) is 3.80. The summed E-state index contributed by atoms with van der Waals surface area (Å²) in [5, 5.41) is 0. The summed E-state index contributed by atoms with van der Waals surface area (Å²) in [7, 11) is 0. The highest BCUT2D eigenvalue weighted by Gasteiger charge is 2.36. The molecular weight excluding hydrogens is 238 g/mol. The van der Waals surface area contributed by atoms with Gasteiger partial charge in [0.2, 0.25) is 5.91 Å². The van der Waals surface area contributed by atoms with E-state index in [2.05, 4.69) is 0 Å². The van der Waals surface area contributed by atoms with Gasteiger partial charge in [-0.2, -0.15) is 0 Å². The molecule has 0 atom stereocenters. The van der Waals surface area contributed by atoms with Crippen LogP contribution in [-0.4, -0.2) is 28.7 Å². The number of rotatable bonds is 3. The summed E-state index contributed by atoms with van der Waals surface area (Å²) in [5.41, 5.74) is -0.279. The van der Waals surface area contributed by atoms with Gasteiger partial charge in [0, 0.05) is 31.3 Å². The highest BCUT2D eigenvalue weighted by Crippen LogP contribution is 2.30. The van der Waals surface area contributed by atoms with E-state index >= 15 is 0 Å². The molecule has 2 fully saturated rings. The molecule has 0 aromatic rings. The molecular formula is C16H27NO2. The molecule has 2 rings (SSSR count). The van der Waals surface area contributed by atoms with E-state index in [1.807, 2.05) is 18.7 Å². The molecule has 1 heterocycles. The van der Waals surface area contributed by atoms with Crippen LogP contribution in [0.4, 0.5) is 0 Å². The molecule has 1 aliphatic heterocycles. The number of piperidine rings is 1. The van der Waals surface area contributed by atoms with Crippen LogP contribution in [0.2, 0.25) is 0 Å². The molecule has 0 bridgehead atoms. The summed E-state index contributed by atoms with van der Waals surface area (Å²) in [4.78, 5) is 25.8. The van der Waals surface area contributed by atoms with E-state index in [0.717, 1.165) is 12.3 Å². The highest BCUT2D eigenvalue weighted by atomic mass is 16.2. The second-order valence-corrected chi connectivity index (χ2v) is 6.87. The Balaban J connectivity index is 1.83. The van der Waals surface area contributed by atoms with Crippen LogP contribution in [0.5, 0.6) is 0 Å². The van der Waals surface area contributed by atoms with Gasteiger partial charge >= 0.3 is 0 Å². The van der Waals surface area contributed by atoms with Crippen LogP contribution in [0.25, 0.3) is 0 Å². The van der Waals surface area contributed by atoms with Gasteiger partial charge in [-0.05, 0) is 26.2 Å². The molecule has 0 unspecified atom stereocenters. The van der Waals surface area contributed by atoms with Gasteiger partial charge in [-0.15, -0.1) is 0 Å². The standard InChI is InChI=1S/C16H27NO2/c1-16(2)12-14(18)10-11-17(16)15(19)9-8-13-6-4-3-5-7-13/h13H,3-12H2,1-2H3. The van der Waals surface area contributed by atoms with Crippen LogP contribution >= 0.6 is 0 Å². The summed E-state index contributed by atoms with van der Waals surface area (Å²) in [6, 6.07) is 0. The predicted octanol–water partition coefficient (Wildman–Crippen LogP) is 3.32. The number of carbonyl (C=O) groups excluding carboxylic acids is 2. The van der Waals surface area contributed by atoms with Crippen molar-refractivity contribution in [2.24, 2.45) is 5.92 Å². The second-order valence-electron chi connectivity index (χ2n) is 6.87. The van der Waals surface area contributed by atoms with Crippen molar-refractivity contribution < 1.29 is 9.59 Å². The Kier molecular flexibility index (Phi) is 4.64. The topological polar surface area (TPSA) is 37.4 Å². The molecule has 1 saturated carbocycles. The quantitative estimate of drug-likeness (QED) is 0.785. The highest BCUT2D eigenvalue weighted by molar-refractivity contribution is 5.85. The Hall–Kier alpha value is -0.860. The van der Waals surface area contributed by atoms with Crippen molar-refractivity contribution in [3.8, 4) is 0 Å². The van der Waals surface area contributed by atoms with Gasteiger partial charge in [-0.25, -0.2) is 0 Å². The maximum Gasteiger partial charge on any atom is 0.223 e. The third-order valence-corrected chi connectivity index (χ3v) is 4.77. The Labute approximate surface area is 116 Å². The SMILES string of the molecule is CC1(C)CC(=O)CCN1C(=O)CCC1CCCCC1. The first-order valence-corrected chi connectivity index (χ1v) is 7.81. The lowest BCUT2D eigenvalue weighted by Crippen LogP contribution is -2.53. The van der Waals surface area contributed by atoms with E-state index in [0.29, 0.717) is 31.6 Å². The van der Waals surface area contributed by atoms with Crippen molar-refractivity contribution in [1.82, 2.24) is 4.90 Å². The largest absolute Gasteiger partial charge is 0.337 e. The zero-order chi connectivity index (χ0) is 13.9. The van der Waals surface area contributed by atoms with Gasteiger partial charge in [0.05, 0.1) is 0 Å².